The molecule has 3 rings (SSSR count). The Morgan fingerprint density at radius 1 is 1.57 bits per heavy atom. The lowest BCUT2D eigenvalue weighted by Gasteiger charge is -2.15. The molecule has 1 N–H and O–H groups in total. The molecule has 2 aromatic heterocycles. The van der Waals surface area contributed by atoms with Gasteiger partial charge in [-0.2, -0.15) is 5.10 Å². The number of halogens is 1. The molecule has 1 aliphatic carbocycles. The first kappa shape index (κ1) is 14.4. The summed E-state index contributed by atoms with van der Waals surface area (Å²) in [6.07, 6.45) is 6.54. The lowest BCUT2D eigenvalue weighted by atomic mass is 10.2. The molecule has 1 fully saturated rings. The molecule has 21 heavy (non-hydrogen) atoms. The molecule has 1 atom stereocenters. The Morgan fingerprint density at radius 2 is 2.38 bits per heavy atom. The topological polar surface area (TPSA) is 60.1 Å². The van der Waals surface area contributed by atoms with Gasteiger partial charge in [-0.15, -0.1) is 0 Å². The predicted octanol–water partition coefficient (Wildman–Crippen LogP) is 3.05. The van der Waals surface area contributed by atoms with Crippen molar-refractivity contribution >= 4 is 21.6 Å². The van der Waals surface area contributed by atoms with Gasteiger partial charge >= 0.3 is 0 Å². The van der Waals surface area contributed by atoms with Gasteiger partial charge in [0.2, 0.25) is 0 Å². The average Bonchev–Trinajstić information content (AvgIpc) is 3.13. The molecule has 0 amide bonds. The van der Waals surface area contributed by atoms with Crippen LogP contribution in [0.3, 0.4) is 0 Å². The molecule has 112 valence electrons. The first-order valence-electron chi connectivity index (χ1n) is 7.18. The number of rotatable bonds is 6. The fraction of sp³-hybridized carbons (Fsp3) is 0.467. The number of nitrogens with zero attached hydrogens (tertiary/aromatic N) is 2. The highest BCUT2D eigenvalue weighted by atomic mass is 79.9. The van der Waals surface area contributed by atoms with Crippen LogP contribution in [0.1, 0.15) is 25.5 Å². The fourth-order valence-electron chi connectivity index (χ4n) is 2.29. The number of hydrogen-bond donors (Lipinski definition) is 1. The van der Waals surface area contributed by atoms with E-state index in [9.17, 15) is 4.79 Å². The maximum Gasteiger partial charge on any atom is 0.283 e. The summed E-state index contributed by atoms with van der Waals surface area (Å²) >= 11 is 3.39. The van der Waals surface area contributed by atoms with Crippen molar-refractivity contribution in [2.75, 3.05) is 5.32 Å². The largest absolute Gasteiger partial charge is 0.469 e. The van der Waals surface area contributed by atoms with Crippen molar-refractivity contribution in [3.63, 3.8) is 0 Å². The van der Waals surface area contributed by atoms with E-state index in [0.717, 1.165) is 24.4 Å². The molecule has 0 bridgehead atoms. The zero-order valence-electron chi connectivity index (χ0n) is 11.9. The minimum Gasteiger partial charge on any atom is -0.469 e. The zero-order valence-corrected chi connectivity index (χ0v) is 13.5. The molecule has 1 unspecified atom stereocenters. The van der Waals surface area contributed by atoms with Gasteiger partial charge in [0, 0.05) is 19.0 Å². The van der Waals surface area contributed by atoms with Crippen molar-refractivity contribution < 1.29 is 4.42 Å². The Bertz CT molecular complexity index is 662. The monoisotopic (exact) mass is 351 g/mol. The van der Waals surface area contributed by atoms with Crippen LogP contribution >= 0.6 is 15.9 Å². The number of hydrogen-bond acceptors (Lipinski definition) is 4. The summed E-state index contributed by atoms with van der Waals surface area (Å²) in [5, 5.41) is 7.56. The number of anilines is 1. The third-order valence-corrected chi connectivity index (χ3v) is 4.37. The van der Waals surface area contributed by atoms with E-state index >= 15 is 0 Å². The van der Waals surface area contributed by atoms with Crippen LogP contribution in [0.25, 0.3) is 0 Å². The maximum absolute atomic E-state index is 12.2. The summed E-state index contributed by atoms with van der Waals surface area (Å²) in [4.78, 5) is 12.2. The summed E-state index contributed by atoms with van der Waals surface area (Å²) in [6.45, 7) is 2.77. The van der Waals surface area contributed by atoms with Crippen LogP contribution < -0.4 is 10.9 Å². The average molecular weight is 352 g/mol. The Hall–Kier alpha value is -1.56. The molecule has 0 aliphatic heterocycles. The highest BCUT2D eigenvalue weighted by Gasteiger charge is 2.23. The van der Waals surface area contributed by atoms with Gasteiger partial charge < -0.3 is 9.73 Å². The quantitative estimate of drug-likeness (QED) is 0.868. The first-order chi connectivity index (χ1) is 10.1. The number of nitrogens with one attached hydrogen (secondary N) is 1. The summed E-state index contributed by atoms with van der Waals surface area (Å²) in [7, 11) is 0. The van der Waals surface area contributed by atoms with Crippen LogP contribution in [0.5, 0.6) is 0 Å². The van der Waals surface area contributed by atoms with E-state index in [4.69, 9.17) is 4.42 Å². The summed E-state index contributed by atoms with van der Waals surface area (Å²) in [6, 6.07) is 3.96. The molecule has 0 radical (unpaired) electrons. The molecule has 2 heterocycles. The van der Waals surface area contributed by atoms with Gasteiger partial charge in [-0.3, -0.25) is 4.79 Å². The van der Waals surface area contributed by atoms with Crippen molar-refractivity contribution in [3.05, 3.63) is 45.2 Å². The molecule has 1 aliphatic rings. The van der Waals surface area contributed by atoms with Gasteiger partial charge in [-0.05, 0) is 53.7 Å². The van der Waals surface area contributed by atoms with Crippen molar-refractivity contribution in [2.24, 2.45) is 5.92 Å². The lowest BCUT2D eigenvalue weighted by molar-refractivity contribution is 0.497. The normalized spacial score (nSPS) is 15.9. The highest BCUT2D eigenvalue weighted by Crippen LogP contribution is 2.30. The Morgan fingerprint density at radius 3 is 3.05 bits per heavy atom. The SMILES string of the molecule is CC(Cc1ccco1)Nc1cnn(CC2CC2)c(=O)c1Br. The fourth-order valence-corrected chi connectivity index (χ4v) is 2.71. The van der Waals surface area contributed by atoms with Crippen LogP contribution in [0.2, 0.25) is 0 Å². The number of aromatic nitrogens is 2. The van der Waals surface area contributed by atoms with Crippen molar-refractivity contribution in [1.82, 2.24) is 9.78 Å². The van der Waals surface area contributed by atoms with E-state index < -0.39 is 0 Å². The van der Waals surface area contributed by atoms with Gasteiger partial charge in [0.1, 0.15) is 10.2 Å². The van der Waals surface area contributed by atoms with Crippen molar-refractivity contribution in [2.45, 2.75) is 38.8 Å². The second-order valence-electron chi connectivity index (χ2n) is 5.63. The van der Waals surface area contributed by atoms with Gasteiger partial charge in [0.15, 0.2) is 0 Å². The van der Waals surface area contributed by atoms with E-state index in [2.05, 4.69) is 26.3 Å². The third kappa shape index (κ3) is 3.56. The molecular formula is C15H18BrN3O2. The first-order valence-corrected chi connectivity index (χ1v) is 7.97. The van der Waals surface area contributed by atoms with E-state index in [1.807, 2.05) is 19.1 Å². The second kappa shape index (κ2) is 6.05. The molecule has 0 saturated heterocycles. The zero-order chi connectivity index (χ0) is 14.8. The van der Waals surface area contributed by atoms with E-state index in [1.165, 1.54) is 12.8 Å². The van der Waals surface area contributed by atoms with E-state index in [-0.39, 0.29) is 11.6 Å². The molecule has 6 heteroatoms. The minimum absolute atomic E-state index is 0.0721. The molecular weight excluding hydrogens is 334 g/mol. The maximum atomic E-state index is 12.2. The third-order valence-electron chi connectivity index (χ3n) is 3.60. The second-order valence-corrected chi connectivity index (χ2v) is 6.42. The van der Waals surface area contributed by atoms with Gasteiger partial charge in [0.05, 0.1) is 18.1 Å². The lowest BCUT2D eigenvalue weighted by Crippen LogP contribution is -2.27. The van der Waals surface area contributed by atoms with Crippen LogP contribution in [-0.2, 0) is 13.0 Å². The standard InChI is InChI=1S/C15H18BrN3O2/c1-10(7-12-3-2-6-21-12)18-13-8-17-19(9-11-4-5-11)15(20)14(13)16/h2-3,6,8,10-11,18H,4-5,7,9H2,1H3. The van der Waals surface area contributed by atoms with Gasteiger partial charge in [-0.1, -0.05) is 0 Å². The Balaban J connectivity index is 1.70. The van der Waals surface area contributed by atoms with E-state index in [0.29, 0.717) is 10.4 Å². The van der Waals surface area contributed by atoms with Gasteiger partial charge in [-0.25, -0.2) is 4.68 Å². The Kier molecular flexibility index (Phi) is 4.14. The molecule has 1 saturated carbocycles. The highest BCUT2D eigenvalue weighted by molar-refractivity contribution is 9.10. The predicted molar refractivity (Wildman–Crippen MR) is 84.4 cm³/mol. The molecule has 0 spiro atoms. The van der Waals surface area contributed by atoms with Crippen LogP contribution in [0.15, 0.2) is 38.3 Å². The minimum atomic E-state index is -0.0721. The van der Waals surface area contributed by atoms with E-state index in [1.54, 1.807) is 17.1 Å². The molecule has 0 aromatic carbocycles. The van der Waals surface area contributed by atoms with Crippen molar-refractivity contribution in [3.8, 4) is 0 Å². The molecule has 2 aromatic rings. The number of furan rings is 1. The van der Waals surface area contributed by atoms with Crippen LogP contribution in [0, 0.1) is 5.92 Å². The van der Waals surface area contributed by atoms with Crippen LogP contribution in [-0.4, -0.2) is 15.8 Å². The Labute approximate surface area is 131 Å². The molecule has 5 nitrogen and oxygen atoms in total. The summed E-state index contributed by atoms with van der Waals surface area (Å²) in [5.41, 5.74) is 0.656. The summed E-state index contributed by atoms with van der Waals surface area (Å²) < 4.78 is 7.42. The summed E-state index contributed by atoms with van der Waals surface area (Å²) in [5.74, 6) is 1.54. The smallest absolute Gasteiger partial charge is 0.283 e. The van der Waals surface area contributed by atoms with Gasteiger partial charge in [0.25, 0.3) is 5.56 Å². The van der Waals surface area contributed by atoms with Crippen LogP contribution in [0.4, 0.5) is 5.69 Å². The van der Waals surface area contributed by atoms with Crippen molar-refractivity contribution in [1.29, 1.82) is 0 Å².